The number of carbonyl (C=O) groups is 1. The van der Waals surface area contributed by atoms with Crippen LogP contribution in [0, 0.1) is 0 Å². The van der Waals surface area contributed by atoms with Gasteiger partial charge in [-0.15, -0.1) is 0 Å². The zero-order valence-corrected chi connectivity index (χ0v) is 9.15. The Morgan fingerprint density at radius 3 is 2.07 bits per heavy atom. The van der Waals surface area contributed by atoms with Gasteiger partial charge in [-0.05, 0) is 17.7 Å². The number of esters is 1. The Labute approximate surface area is 89.1 Å². The molecule has 1 aromatic rings. The van der Waals surface area contributed by atoms with Crippen molar-refractivity contribution in [3.8, 4) is 11.5 Å². The van der Waals surface area contributed by atoms with Gasteiger partial charge in [-0.1, -0.05) is 13.8 Å². The molecule has 0 saturated carbocycles. The molecule has 84 valence electrons. The number of methoxy groups -OCH3 is 1. The smallest absolute Gasteiger partial charge is 0.309 e. The van der Waals surface area contributed by atoms with Crippen molar-refractivity contribution in [3.05, 3.63) is 23.8 Å². The Bertz CT molecular complexity index is 300. The maximum absolute atomic E-state index is 10.8. The van der Waals surface area contributed by atoms with Gasteiger partial charge in [0.2, 0.25) is 0 Å². The molecule has 1 aromatic carbocycles. The van der Waals surface area contributed by atoms with Gasteiger partial charge in [0.25, 0.3) is 0 Å². The van der Waals surface area contributed by atoms with Crippen LogP contribution < -0.4 is 0 Å². The van der Waals surface area contributed by atoms with E-state index in [1.807, 2.05) is 13.8 Å². The van der Waals surface area contributed by atoms with Crippen LogP contribution in [0.2, 0.25) is 0 Å². The van der Waals surface area contributed by atoms with Crippen molar-refractivity contribution < 1.29 is 19.7 Å². The average Bonchev–Trinajstić information content (AvgIpc) is 2.19. The lowest BCUT2D eigenvalue weighted by Gasteiger charge is -2.01. The minimum atomic E-state index is -0.412. The number of aromatic hydroxyl groups is 2. The fraction of sp³-hybridized carbons (Fsp3) is 0.364. The molecule has 2 N–H and O–H groups in total. The van der Waals surface area contributed by atoms with E-state index in [0.717, 1.165) is 0 Å². The second-order valence-electron chi connectivity index (χ2n) is 2.61. The Kier molecular flexibility index (Phi) is 5.94. The van der Waals surface area contributed by atoms with Gasteiger partial charge in [0.1, 0.15) is 11.5 Å². The highest BCUT2D eigenvalue weighted by molar-refractivity contribution is 5.72. The number of hydrogen-bond acceptors (Lipinski definition) is 4. The topological polar surface area (TPSA) is 66.8 Å². The first-order chi connectivity index (χ1) is 7.11. The van der Waals surface area contributed by atoms with Crippen molar-refractivity contribution in [1.29, 1.82) is 0 Å². The summed E-state index contributed by atoms with van der Waals surface area (Å²) in [5, 5.41) is 18.1. The van der Waals surface area contributed by atoms with Crippen LogP contribution in [-0.4, -0.2) is 23.3 Å². The molecule has 0 heterocycles. The van der Waals surface area contributed by atoms with E-state index in [2.05, 4.69) is 4.74 Å². The van der Waals surface area contributed by atoms with Crippen LogP contribution in [-0.2, 0) is 16.0 Å². The monoisotopic (exact) mass is 212 g/mol. The third kappa shape index (κ3) is 4.90. The largest absolute Gasteiger partial charge is 0.508 e. The van der Waals surface area contributed by atoms with Crippen LogP contribution in [0.3, 0.4) is 0 Å². The van der Waals surface area contributed by atoms with Gasteiger partial charge >= 0.3 is 5.97 Å². The molecule has 0 aliphatic rings. The number of benzene rings is 1. The second kappa shape index (κ2) is 6.70. The van der Waals surface area contributed by atoms with E-state index in [0.29, 0.717) is 5.56 Å². The van der Waals surface area contributed by atoms with Gasteiger partial charge in [0, 0.05) is 6.07 Å². The molecule has 0 atom stereocenters. The first kappa shape index (κ1) is 13.3. The summed E-state index contributed by atoms with van der Waals surface area (Å²) in [7, 11) is 1.28. The summed E-state index contributed by atoms with van der Waals surface area (Å²) < 4.78 is 4.43. The third-order valence-electron chi connectivity index (χ3n) is 1.54. The summed E-state index contributed by atoms with van der Waals surface area (Å²) in [6.07, 6.45) is 0.0401. The van der Waals surface area contributed by atoms with Crippen LogP contribution in [0.25, 0.3) is 0 Å². The number of rotatable bonds is 2. The number of hydrogen-bond donors (Lipinski definition) is 2. The highest BCUT2D eigenvalue weighted by Gasteiger charge is 2.04. The van der Waals surface area contributed by atoms with E-state index in [1.165, 1.54) is 25.3 Å². The van der Waals surface area contributed by atoms with E-state index >= 15 is 0 Å². The Morgan fingerprint density at radius 2 is 1.67 bits per heavy atom. The maximum Gasteiger partial charge on any atom is 0.309 e. The number of phenols is 2. The van der Waals surface area contributed by atoms with Gasteiger partial charge in [-0.2, -0.15) is 0 Å². The highest BCUT2D eigenvalue weighted by Crippen LogP contribution is 2.20. The molecular weight excluding hydrogens is 196 g/mol. The molecule has 0 radical (unpaired) electrons. The van der Waals surface area contributed by atoms with E-state index in [4.69, 9.17) is 10.2 Å². The number of carbonyl (C=O) groups excluding carboxylic acids is 1. The predicted octanol–water partition coefficient (Wildman–Crippen LogP) is 1.84. The van der Waals surface area contributed by atoms with Crippen LogP contribution >= 0.6 is 0 Å². The van der Waals surface area contributed by atoms with Crippen LogP contribution in [0.15, 0.2) is 18.2 Å². The Morgan fingerprint density at radius 1 is 1.20 bits per heavy atom. The zero-order chi connectivity index (χ0) is 11.8. The third-order valence-corrected chi connectivity index (χ3v) is 1.54. The Hall–Kier alpha value is -1.71. The molecule has 0 aromatic heterocycles. The maximum atomic E-state index is 10.8. The molecule has 0 amide bonds. The number of ether oxygens (including phenoxy) is 1. The SMILES string of the molecule is CC.COC(=O)Cc1cc(O)cc(O)c1. The van der Waals surface area contributed by atoms with Crippen molar-refractivity contribution in [1.82, 2.24) is 0 Å². The minimum absolute atomic E-state index is 0.0401. The van der Waals surface area contributed by atoms with Crippen molar-refractivity contribution in [3.63, 3.8) is 0 Å². The van der Waals surface area contributed by atoms with Crippen molar-refractivity contribution in [2.75, 3.05) is 7.11 Å². The van der Waals surface area contributed by atoms with E-state index < -0.39 is 5.97 Å². The van der Waals surface area contributed by atoms with E-state index in [9.17, 15) is 4.79 Å². The normalized spacial score (nSPS) is 8.73. The lowest BCUT2D eigenvalue weighted by Crippen LogP contribution is -2.03. The fourth-order valence-electron chi connectivity index (χ4n) is 0.997. The summed E-state index contributed by atoms with van der Waals surface area (Å²) in [6.45, 7) is 4.00. The lowest BCUT2D eigenvalue weighted by molar-refractivity contribution is -0.139. The lowest BCUT2D eigenvalue weighted by atomic mass is 10.1. The molecule has 0 fully saturated rings. The standard InChI is InChI=1S/C9H10O4.C2H6/c1-13-9(12)4-6-2-7(10)5-8(11)3-6;1-2/h2-3,5,10-11H,4H2,1H3;1-2H3. The number of phenolic OH excluding ortho intramolecular Hbond substituents is 2. The van der Waals surface area contributed by atoms with Gasteiger partial charge in [0.15, 0.2) is 0 Å². The zero-order valence-electron chi connectivity index (χ0n) is 9.15. The first-order valence-electron chi connectivity index (χ1n) is 4.70. The molecule has 0 unspecified atom stereocenters. The quantitative estimate of drug-likeness (QED) is 0.734. The minimum Gasteiger partial charge on any atom is -0.508 e. The average molecular weight is 212 g/mol. The Balaban J connectivity index is 0.000000921. The summed E-state index contributed by atoms with van der Waals surface area (Å²) in [6, 6.07) is 3.99. The van der Waals surface area contributed by atoms with Crippen LogP contribution in [0.1, 0.15) is 19.4 Å². The van der Waals surface area contributed by atoms with Crippen LogP contribution in [0.5, 0.6) is 11.5 Å². The van der Waals surface area contributed by atoms with Crippen molar-refractivity contribution in [2.45, 2.75) is 20.3 Å². The molecular formula is C11H16O4. The molecule has 4 heteroatoms. The van der Waals surface area contributed by atoms with Crippen molar-refractivity contribution >= 4 is 5.97 Å². The molecule has 0 spiro atoms. The summed E-state index contributed by atoms with van der Waals surface area (Å²) >= 11 is 0. The second-order valence-corrected chi connectivity index (χ2v) is 2.61. The molecule has 4 nitrogen and oxygen atoms in total. The molecule has 0 saturated heterocycles. The fourth-order valence-corrected chi connectivity index (χ4v) is 0.997. The summed E-state index contributed by atoms with van der Waals surface area (Å²) in [5.41, 5.74) is 0.518. The molecule has 0 bridgehead atoms. The highest BCUT2D eigenvalue weighted by atomic mass is 16.5. The van der Waals surface area contributed by atoms with Gasteiger partial charge in [0.05, 0.1) is 13.5 Å². The van der Waals surface area contributed by atoms with Gasteiger partial charge < -0.3 is 14.9 Å². The predicted molar refractivity (Wildman–Crippen MR) is 56.8 cm³/mol. The first-order valence-corrected chi connectivity index (χ1v) is 4.70. The van der Waals surface area contributed by atoms with Gasteiger partial charge in [-0.3, -0.25) is 4.79 Å². The molecule has 0 aliphatic carbocycles. The van der Waals surface area contributed by atoms with Gasteiger partial charge in [-0.25, -0.2) is 0 Å². The van der Waals surface area contributed by atoms with E-state index in [1.54, 1.807) is 0 Å². The molecule has 1 rings (SSSR count). The van der Waals surface area contributed by atoms with Crippen molar-refractivity contribution in [2.24, 2.45) is 0 Å². The summed E-state index contributed by atoms with van der Waals surface area (Å²) in [5.74, 6) is -0.553. The molecule has 15 heavy (non-hydrogen) atoms. The van der Waals surface area contributed by atoms with Crippen LogP contribution in [0.4, 0.5) is 0 Å². The van der Waals surface area contributed by atoms with E-state index in [-0.39, 0.29) is 17.9 Å². The molecule has 0 aliphatic heterocycles. The summed E-state index contributed by atoms with van der Waals surface area (Å²) in [4.78, 5) is 10.8.